The third-order valence-electron chi connectivity index (χ3n) is 4.40. The molecule has 1 aromatic heterocycles. The molecule has 0 radical (unpaired) electrons. The molecule has 2 aromatic rings. The number of hydrogen-bond acceptors (Lipinski definition) is 2. The number of nitrogens with zero attached hydrogens (tertiary/aromatic N) is 2. The molecule has 0 unspecified atom stereocenters. The minimum atomic E-state index is -0.334. The van der Waals surface area contributed by atoms with Gasteiger partial charge in [0.1, 0.15) is 0 Å². The van der Waals surface area contributed by atoms with Gasteiger partial charge in [0.05, 0.1) is 12.0 Å². The van der Waals surface area contributed by atoms with Crippen LogP contribution in [0.15, 0.2) is 54.9 Å². The van der Waals surface area contributed by atoms with E-state index in [0.717, 1.165) is 12.1 Å². The standard InChI is InChI=1S/C18H21N3O2/c1-20-16(22)13-15(17(20)14-7-3-2-4-8-14)18(23)19-9-12-21-10-5-6-11-21/h2-8,10-11,15,17H,9,12-13H2,1H3,(H,19,23)/t15-,17-/m1/s1. The Balaban J connectivity index is 1.66. The van der Waals surface area contributed by atoms with E-state index in [0.29, 0.717) is 6.54 Å². The second-order valence-electron chi connectivity index (χ2n) is 5.88. The molecule has 0 spiro atoms. The third kappa shape index (κ3) is 3.28. The van der Waals surface area contributed by atoms with Crippen LogP contribution in [0, 0.1) is 5.92 Å². The van der Waals surface area contributed by atoms with Crippen molar-refractivity contribution in [3.8, 4) is 0 Å². The smallest absolute Gasteiger partial charge is 0.226 e. The van der Waals surface area contributed by atoms with Gasteiger partial charge in [-0.2, -0.15) is 0 Å². The van der Waals surface area contributed by atoms with Gasteiger partial charge in [-0.05, 0) is 17.7 Å². The number of carbonyl (C=O) groups is 2. The van der Waals surface area contributed by atoms with Crippen LogP contribution in [0.25, 0.3) is 0 Å². The Hall–Kier alpha value is -2.56. The summed E-state index contributed by atoms with van der Waals surface area (Å²) in [5, 5.41) is 2.97. The van der Waals surface area contributed by atoms with Crippen molar-refractivity contribution in [2.45, 2.75) is 19.0 Å². The third-order valence-corrected chi connectivity index (χ3v) is 4.40. The molecule has 2 amide bonds. The highest BCUT2D eigenvalue weighted by Crippen LogP contribution is 2.36. The fourth-order valence-electron chi connectivity index (χ4n) is 3.17. The van der Waals surface area contributed by atoms with Gasteiger partial charge in [-0.25, -0.2) is 0 Å². The van der Waals surface area contributed by atoms with Gasteiger partial charge in [0, 0.05) is 39.0 Å². The second kappa shape index (κ2) is 6.69. The van der Waals surface area contributed by atoms with Crippen molar-refractivity contribution in [1.29, 1.82) is 0 Å². The topological polar surface area (TPSA) is 54.3 Å². The molecule has 0 saturated carbocycles. The van der Waals surface area contributed by atoms with Crippen molar-refractivity contribution in [1.82, 2.24) is 14.8 Å². The predicted octanol–water partition coefficient (Wildman–Crippen LogP) is 1.82. The van der Waals surface area contributed by atoms with Crippen LogP contribution >= 0.6 is 0 Å². The summed E-state index contributed by atoms with van der Waals surface area (Å²) in [7, 11) is 1.77. The highest BCUT2D eigenvalue weighted by Gasteiger charge is 2.42. The minimum absolute atomic E-state index is 0.0180. The predicted molar refractivity (Wildman–Crippen MR) is 87.5 cm³/mol. The van der Waals surface area contributed by atoms with E-state index in [9.17, 15) is 9.59 Å². The van der Waals surface area contributed by atoms with Gasteiger partial charge >= 0.3 is 0 Å². The van der Waals surface area contributed by atoms with E-state index >= 15 is 0 Å². The number of carbonyl (C=O) groups excluding carboxylic acids is 2. The maximum atomic E-state index is 12.5. The van der Waals surface area contributed by atoms with Crippen molar-refractivity contribution < 1.29 is 9.59 Å². The van der Waals surface area contributed by atoms with Crippen LogP contribution in [0.2, 0.25) is 0 Å². The van der Waals surface area contributed by atoms with Gasteiger partial charge in [-0.1, -0.05) is 30.3 Å². The van der Waals surface area contributed by atoms with Gasteiger partial charge in [0.25, 0.3) is 0 Å². The Bertz CT molecular complexity index is 667. The Labute approximate surface area is 135 Å². The zero-order chi connectivity index (χ0) is 16.2. The monoisotopic (exact) mass is 311 g/mol. The van der Waals surface area contributed by atoms with Crippen molar-refractivity contribution in [3.63, 3.8) is 0 Å². The average molecular weight is 311 g/mol. The highest BCUT2D eigenvalue weighted by molar-refractivity contribution is 5.90. The summed E-state index contributed by atoms with van der Waals surface area (Å²) in [5.41, 5.74) is 1.01. The number of aromatic nitrogens is 1. The number of nitrogens with one attached hydrogen (secondary N) is 1. The maximum absolute atomic E-state index is 12.5. The molecule has 5 nitrogen and oxygen atoms in total. The molecule has 2 atom stereocenters. The first-order chi connectivity index (χ1) is 11.2. The number of amides is 2. The van der Waals surface area contributed by atoms with Gasteiger partial charge in [0.15, 0.2) is 0 Å². The van der Waals surface area contributed by atoms with E-state index in [1.807, 2.05) is 59.4 Å². The summed E-state index contributed by atoms with van der Waals surface area (Å²) in [6.07, 6.45) is 4.20. The SMILES string of the molecule is CN1C(=O)C[C@@H](C(=O)NCCn2cccc2)[C@H]1c1ccccc1. The van der Waals surface area contributed by atoms with Crippen LogP contribution in [-0.2, 0) is 16.1 Å². The molecule has 1 saturated heterocycles. The fourth-order valence-corrected chi connectivity index (χ4v) is 3.17. The van der Waals surface area contributed by atoms with E-state index in [4.69, 9.17) is 0 Å². The van der Waals surface area contributed by atoms with Crippen LogP contribution in [0.3, 0.4) is 0 Å². The van der Waals surface area contributed by atoms with Crippen LogP contribution in [0.5, 0.6) is 0 Å². The maximum Gasteiger partial charge on any atom is 0.226 e. The molecule has 3 rings (SSSR count). The first kappa shape index (κ1) is 15.3. The average Bonchev–Trinajstić information content (AvgIpc) is 3.17. The highest BCUT2D eigenvalue weighted by atomic mass is 16.2. The molecule has 0 aliphatic carbocycles. The van der Waals surface area contributed by atoms with Gasteiger partial charge in [-0.15, -0.1) is 0 Å². The molecular weight excluding hydrogens is 290 g/mol. The zero-order valence-corrected chi connectivity index (χ0v) is 13.2. The largest absolute Gasteiger partial charge is 0.354 e. The van der Waals surface area contributed by atoms with E-state index < -0.39 is 0 Å². The van der Waals surface area contributed by atoms with E-state index in [-0.39, 0.29) is 30.2 Å². The molecule has 0 bridgehead atoms. The molecular formula is C18H21N3O2. The van der Waals surface area contributed by atoms with Crippen LogP contribution in [0.1, 0.15) is 18.0 Å². The number of benzene rings is 1. The van der Waals surface area contributed by atoms with Crippen molar-refractivity contribution in [3.05, 3.63) is 60.4 Å². The van der Waals surface area contributed by atoms with Crippen LogP contribution < -0.4 is 5.32 Å². The minimum Gasteiger partial charge on any atom is -0.354 e. The lowest BCUT2D eigenvalue weighted by molar-refractivity contribution is -0.128. The molecule has 1 aliphatic heterocycles. The molecule has 1 aliphatic rings. The molecule has 2 heterocycles. The quantitative estimate of drug-likeness (QED) is 0.916. The fraction of sp³-hybridized carbons (Fsp3) is 0.333. The summed E-state index contributed by atoms with van der Waals surface area (Å²) in [5.74, 6) is -0.368. The van der Waals surface area contributed by atoms with E-state index in [2.05, 4.69) is 5.32 Å². The first-order valence-electron chi connectivity index (χ1n) is 7.86. The summed E-state index contributed by atoms with van der Waals surface area (Å²) in [6.45, 7) is 1.29. The van der Waals surface area contributed by atoms with Crippen LogP contribution in [0.4, 0.5) is 0 Å². The lowest BCUT2D eigenvalue weighted by atomic mass is 9.93. The summed E-state index contributed by atoms with van der Waals surface area (Å²) >= 11 is 0. The Morgan fingerprint density at radius 3 is 2.57 bits per heavy atom. The van der Waals surface area contributed by atoms with E-state index in [1.165, 1.54) is 0 Å². The summed E-state index contributed by atoms with van der Waals surface area (Å²) < 4.78 is 2.01. The van der Waals surface area contributed by atoms with Crippen LogP contribution in [-0.4, -0.2) is 34.9 Å². The lowest BCUT2D eigenvalue weighted by Crippen LogP contribution is -2.36. The van der Waals surface area contributed by atoms with Crippen molar-refractivity contribution >= 4 is 11.8 Å². The lowest BCUT2D eigenvalue weighted by Gasteiger charge is -2.25. The van der Waals surface area contributed by atoms with Crippen molar-refractivity contribution in [2.75, 3.05) is 13.6 Å². The number of hydrogen-bond donors (Lipinski definition) is 1. The van der Waals surface area contributed by atoms with Gasteiger partial charge in [0.2, 0.25) is 11.8 Å². The number of likely N-dealkylation sites (tertiary alicyclic amines) is 1. The first-order valence-corrected chi connectivity index (χ1v) is 7.86. The molecule has 1 fully saturated rings. The molecule has 1 N–H and O–H groups in total. The summed E-state index contributed by atoms with van der Waals surface area (Å²) in [4.78, 5) is 26.3. The summed E-state index contributed by atoms with van der Waals surface area (Å²) in [6, 6.07) is 13.5. The zero-order valence-electron chi connectivity index (χ0n) is 13.2. The molecule has 23 heavy (non-hydrogen) atoms. The normalized spacial score (nSPS) is 20.7. The Kier molecular flexibility index (Phi) is 4.46. The molecule has 120 valence electrons. The second-order valence-corrected chi connectivity index (χ2v) is 5.88. The van der Waals surface area contributed by atoms with Gasteiger partial charge < -0.3 is 14.8 Å². The van der Waals surface area contributed by atoms with Crippen molar-refractivity contribution in [2.24, 2.45) is 5.92 Å². The Morgan fingerprint density at radius 1 is 1.17 bits per heavy atom. The molecule has 1 aromatic carbocycles. The molecule has 5 heteroatoms. The van der Waals surface area contributed by atoms with Gasteiger partial charge in [-0.3, -0.25) is 9.59 Å². The van der Waals surface area contributed by atoms with E-state index in [1.54, 1.807) is 11.9 Å². The number of rotatable bonds is 5. The Morgan fingerprint density at radius 2 is 1.87 bits per heavy atom.